The molecule has 1 atom stereocenters. The molecule has 1 aromatic carbocycles. The van der Waals surface area contributed by atoms with Crippen LogP contribution in [0.1, 0.15) is 42.7 Å². The second-order valence-corrected chi connectivity index (χ2v) is 5.24. The minimum absolute atomic E-state index is 0.110. The second-order valence-electron chi connectivity index (χ2n) is 5.24. The number of aryl methyl sites for hydroxylation is 1. The third-order valence-corrected chi connectivity index (χ3v) is 3.87. The summed E-state index contributed by atoms with van der Waals surface area (Å²) in [5, 5.41) is 9.02. The maximum Gasteiger partial charge on any atom is 0.303 e. The van der Waals surface area contributed by atoms with Crippen LogP contribution in [0.2, 0.25) is 0 Å². The summed E-state index contributed by atoms with van der Waals surface area (Å²) in [6.45, 7) is 1.35. The van der Waals surface area contributed by atoms with Gasteiger partial charge in [0.25, 0.3) is 0 Å². The molecule has 19 heavy (non-hydrogen) atoms. The molecule has 1 heterocycles. The quantitative estimate of drug-likeness (QED) is 0.890. The van der Waals surface area contributed by atoms with Gasteiger partial charge in [0.15, 0.2) is 11.5 Å². The van der Waals surface area contributed by atoms with Gasteiger partial charge in [0.05, 0.1) is 19.6 Å². The van der Waals surface area contributed by atoms with Crippen molar-refractivity contribution in [3.05, 3.63) is 23.3 Å². The summed E-state index contributed by atoms with van der Waals surface area (Å²) in [6.07, 6.45) is 4.08. The van der Waals surface area contributed by atoms with Gasteiger partial charge in [0, 0.05) is 6.42 Å². The van der Waals surface area contributed by atoms with Crippen LogP contribution in [0, 0.1) is 0 Å². The summed E-state index contributed by atoms with van der Waals surface area (Å²) in [7, 11) is 0. The van der Waals surface area contributed by atoms with Crippen molar-refractivity contribution in [2.75, 3.05) is 13.2 Å². The molecule has 0 amide bonds. The Labute approximate surface area is 112 Å². The van der Waals surface area contributed by atoms with E-state index < -0.39 is 5.97 Å². The van der Waals surface area contributed by atoms with Gasteiger partial charge in [-0.2, -0.15) is 0 Å². The van der Waals surface area contributed by atoms with Gasteiger partial charge in [0.1, 0.15) is 0 Å². The number of aliphatic carboxylic acids is 1. The van der Waals surface area contributed by atoms with E-state index in [2.05, 4.69) is 0 Å². The van der Waals surface area contributed by atoms with Crippen molar-refractivity contribution in [1.82, 2.24) is 0 Å². The fourth-order valence-corrected chi connectivity index (χ4v) is 2.98. The molecule has 0 aromatic heterocycles. The van der Waals surface area contributed by atoms with Crippen LogP contribution in [0.3, 0.4) is 0 Å². The first kappa shape index (κ1) is 12.3. The standard InChI is InChI=1S/C15H18O4/c16-15(17)8-11-4-1-3-10-7-13-14(9-12(10)11)19-6-2-5-18-13/h7,9,11H,1-6,8H2,(H,16,17). The number of benzene rings is 1. The van der Waals surface area contributed by atoms with Gasteiger partial charge in [-0.25, -0.2) is 0 Å². The molecule has 1 aromatic rings. The zero-order valence-electron chi connectivity index (χ0n) is 10.9. The van der Waals surface area contributed by atoms with Crippen LogP contribution in [0.5, 0.6) is 11.5 Å². The number of carboxylic acid groups (broad SMARTS) is 1. The largest absolute Gasteiger partial charge is 0.490 e. The first-order valence-corrected chi connectivity index (χ1v) is 6.88. The van der Waals surface area contributed by atoms with E-state index in [1.807, 2.05) is 12.1 Å². The molecular weight excluding hydrogens is 244 g/mol. The summed E-state index contributed by atoms with van der Waals surface area (Å²) >= 11 is 0. The van der Waals surface area contributed by atoms with Crippen LogP contribution >= 0.6 is 0 Å². The molecule has 0 saturated carbocycles. The summed E-state index contributed by atoms with van der Waals surface area (Å²) in [6, 6.07) is 4.05. The van der Waals surface area contributed by atoms with Crippen molar-refractivity contribution < 1.29 is 19.4 Å². The van der Waals surface area contributed by atoms with E-state index in [0.717, 1.165) is 42.7 Å². The average molecular weight is 262 g/mol. The highest BCUT2D eigenvalue weighted by molar-refractivity contribution is 5.68. The summed E-state index contributed by atoms with van der Waals surface area (Å²) in [4.78, 5) is 11.0. The number of ether oxygens (including phenoxy) is 2. The smallest absolute Gasteiger partial charge is 0.303 e. The zero-order chi connectivity index (χ0) is 13.2. The van der Waals surface area contributed by atoms with E-state index in [0.29, 0.717) is 13.2 Å². The van der Waals surface area contributed by atoms with E-state index in [9.17, 15) is 4.79 Å². The summed E-state index contributed by atoms with van der Waals surface area (Å²) in [5.74, 6) is 0.962. The average Bonchev–Trinajstić information content (AvgIpc) is 2.61. The fraction of sp³-hybridized carbons (Fsp3) is 0.533. The molecule has 102 valence electrons. The van der Waals surface area contributed by atoms with Gasteiger partial charge in [0.2, 0.25) is 0 Å². The summed E-state index contributed by atoms with van der Waals surface area (Å²) < 4.78 is 11.4. The normalized spacial score (nSPS) is 21.4. The molecule has 4 heteroatoms. The monoisotopic (exact) mass is 262 g/mol. The molecular formula is C15H18O4. The van der Waals surface area contributed by atoms with E-state index >= 15 is 0 Å². The highest BCUT2D eigenvalue weighted by Crippen LogP contribution is 2.41. The van der Waals surface area contributed by atoms with Gasteiger partial charge in [-0.15, -0.1) is 0 Å². The molecule has 1 aliphatic carbocycles. The third kappa shape index (κ3) is 2.53. The van der Waals surface area contributed by atoms with E-state index in [-0.39, 0.29) is 12.3 Å². The van der Waals surface area contributed by atoms with Crippen molar-refractivity contribution in [1.29, 1.82) is 0 Å². The van der Waals surface area contributed by atoms with Crippen molar-refractivity contribution in [3.63, 3.8) is 0 Å². The number of hydrogen-bond acceptors (Lipinski definition) is 3. The minimum Gasteiger partial charge on any atom is -0.490 e. The Morgan fingerprint density at radius 3 is 2.68 bits per heavy atom. The predicted octanol–water partition coefficient (Wildman–Crippen LogP) is 2.74. The maximum absolute atomic E-state index is 11.0. The first-order chi connectivity index (χ1) is 9.24. The Balaban J connectivity index is 1.97. The number of hydrogen-bond donors (Lipinski definition) is 1. The molecule has 0 saturated heterocycles. The molecule has 0 spiro atoms. The number of rotatable bonds is 2. The molecule has 0 fully saturated rings. The molecule has 1 unspecified atom stereocenters. The van der Waals surface area contributed by atoms with E-state index in [4.69, 9.17) is 14.6 Å². The van der Waals surface area contributed by atoms with Crippen molar-refractivity contribution in [3.8, 4) is 11.5 Å². The Morgan fingerprint density at radius 2 is 1.95 bits per heavy atom. The van der Waals surface area contributed by atoms with Crippen LogP contribution in [-0.4, -0.2) is 24.3 Å². The molecule has 3 rings (SSSR count). The van der Waals surface area contributed by atoms with Crippen molar-refractivity contribution in [2.45, 2.75) is 38.0 Å². The van der Waals surface area contributed by atoms with Crippen molar-refractivity contribution in [2.24, 2.45) is 0 Å². The van der Waals surface area contributed by atoms with Crippen LogP contribution in [0.4, 0.5) is 0 Å². The van der Waals surface area contributed by atoms with Gasteiger partial charge in [-0.05, 0) is 48.4 Å². The molecule has 4 nitrogen and oxygen atoms in total. The Bertz CT molecular complexity index is 495. The Morgan fingerprint density at radius 1 is 1.21 bits per heavy atom. The zero-order valence-corrected chi connectivity index (χ0v) is 10.9. The SMILES string of the molecule is O=C(O)CC1CCCc2cc3c(cc21)OCCCO3. The van der Waals surface area contributed by atoms with Crippen LogP contribution < -0.4 is 9.47 Å². The van der Waals surface area contributed by atoms with Crippen LogP contribution in [-0.2, 0) is 11.2 Å². The molecule has 0 radical (unpaired) electrons. The second kappa shape index (κ2) is 5.11. The fourth-order valence-electron chi connectivity index (χ4n) is 2.98. The minimum atomic E-state index is -0.732. The highest BCUT2D eigenvalue weighted by Gasteiger charge is 2.25. The lowest BCUT2D eigenvalue weighted by Crippen LogP contribution is -2.14. The van der Waals surface area contributed by atoms with Crippen LogP contribution in [0.25, 0.3) is 0 Å². The molecule has 1 N–H and O–H groups in total. The lowest BCUT2D eigenvalue weighted by atomic mass is 9.81. The Kier molecular flexibility index (Phi) is 3.32. The lowest BCUT2D eigenvalue weighted by molar-refractivity contribution is -0.137. The van der Waals surface area contributed by atoms with Gasteiger partial charge in [-0.1, -0.05) is 0 Å². The highest BCUT2D eigenvalue weighted by atomic mass is 16.5. The number of fused-ring (bicyclic) bond motifs is 2. The number of carboxylic acids is 1. The van der Waals surface area contributed by atoms with Gasteiger partial charge < -0.3 is 14.6 Å². The van der Waals surface area contributed by atoms with Gasteiger partial charge in [-0.3, -0.25) is 4.79 Å². The van der Waals surface area contributed by atoms with Crippen molar-refractivity contribution >= 4 is 5.97 Å². The predicted molar refractivity (Wildman–Crippen MR) is 70.0 cm³/mol. The van der Waals surface area contributed by atoms with E-state index in [1.54, 1.807) is 0 Å². The maximum atomic E-state index is 11.0. The van der Waals surface area contributed by atoms with Gasteiger partial charge >= 0.3 is 5.97 Å². The molecule has 0 bridgehead atoms. The number of carbonyl (C=O) groups is 1. The van der Waals surface area contributed by atoms with Crippen LogP contribution in [0.15, 0.2) is 12.1 Å². The van der Waals surface area contributed by atoms with E-state index in [1.165, 1.54) is 5.56 Å². The topological polar surface area (TPSA) is 55.8 Å². The summed E-state index contributed by atoms with van der Waals surface area (Å²) in [5.41, 5.74) is 2.36. The third-order valence-electron chi connectivity index (χ3n) is 3.87. The Hall–Kier alpha value is -1.71. The molecule has 2 aliphatic rings. The first-order valence-electron chi connectivity index (χ1n) is 6.88. The lowest BCUT2D eigenvalue weighted by Gasteiger charge is -2.25. The molecule has 1 aliphatic heterocycles.